The highest BCUT2D eigenvalue weighted by molar-refractivity contribution is 6.03. The third kappa shape index (κ3) is 7.27. The number of unbranched alkanes of at least 4 members (excludes halogenated alkanes) is 1. The van der Waals surface area contributed by atoms with Crippen LogP contribution in [0.2, 0.25) is 0 Å². The number of urea groups is 1. The van der Waals surface area contributed by atoms with Crippen molar-refractivity contribution in [1.82, 2.24) is 10.6 Å². The molecule has 14 heavy (non-hydrogen) atoms. The SMILES string of the molecule is CCCCNC(=O)NC(=O)CC(C)=O. The number of ketones is 1. The molecule has 0 aliphatic carbocycles. The molecule has 0 fully saturated rings. The molecule has 5 nitrogen and oxygen atoms in total. The van der Waals surface area contributed by atoms with Crippen LogP contribution >= 0.6 is 0 Å². The summed E-state index contributed by atoms with van der Waals surface area (Å²) in [6.45, 7) is 3.84. The highest BCUT2D eigenvalue weighted by Gasteiger charge is 2.08. The van der Waals surface area contributed by atoms with Gasteiger partial charge < -0.3 is 5.32 Å². The maximum absolute atomic E-state index is 11.0. The molecule has 0 saturated carbocycles. The van der Waals surface area contributed by atoms with Crippen molar-refractivity contribution in [3.05, 3.63) is 0 Å². The van der Waals surface area contributed by atoms with Crippen LogP contribution in [-0.2, 0) is 9.59 Å². The first-order valence-electron chi connectivity index (χ1n) is 4.63. The number of nitrogens with one attached hydrogen (secondary N) is 2. The molecule has 0 heterocycles. The molecular formula is C9H16N2O3. The Morgan fingerprint density at radius 1 is 1.21 bits per heavy atom. The Morgan fingerprint density at radius 2 is 1.86 bits per heavy atom. The van der Waals surface area contributed by atoms with Gasteiger partial charge in [0.2, 0.25) is 5.91 Å². The second-order valence-corrected chi connectivity index (χ2v) is 3.04. The van der Waals surface area contributed by atoms with E-state index >= 15 is 0 Å². The number of rotatable bonds is 5. The van der Waals surface area contributed by atoms with E-state index in [1.54, 1.807) is 0 Å². The zero-order valence-corrected chi connectivity index (χ0v) is 8.55. The highest BCUT2D eigenvalue weighted by atomic mass is 16.2. The third-order valence-corrected chi connectivity index (χ3v) is 1.48. The van der Waals surface area contributed by atoms with Crippen molar-refractivity contribution in [3.8, 4) is 0 Å². The zero-order chi connectivity index (χ0) is 11.0. The van der Waals surface area contributed by atoms with E-state index in [0.29, 0.717) is 6.54 Å². The van der Waals surface area contributed by atoms with Gasteiger partial charge in [0.05, 0.1) is 6.42 Å². The average molecular weight is 200 g/mol. The molecule has 0 saturated heterocycles. The van der Waals surface area contributed by atoms with Gasteiger partial charge in [0.1, 0.15) is 5.78 Å². The molecule has 0 aliphatic heterocycles. The van der Waals surface area contributed by atoms with Gasteiger partial charge in [-0.25, -0.2) is 4.79 Å². The minimum atomic E-state index is -0.563. The van der Waals surface area contributed by atoms with Crippen LogP contribution in [0.1, 0.15) is 33.1 Å². The largest absolute Gasteiger partial charge is 0.338 e. The number of hydrogen-bond donors (Lipinski definition) is 2. The summed E-state index contributed by atoms with van der Waals surface area (Å²) in [6.07, 6.45) is 1.59. The second-order valence-electron chi connectivity index (χ2n) is 3.04. The lowest BCUT2D eigenvalue weighted by Crippen LogP contribution is -2.40. The molecule has 3 amide bonds. The molecule has 0 aromatic rings. The van der Waals surface area contributed by atoms with E-state index in [4.69, 9.17) is 0 Å². The normalized spacial score (nSPS) is 9.29. The van der Waals surface area contributed by atoms with Crippen molar-refractivity contribution in [2.45, 2.75) is 33.1 Å². The molecule has 0 spiro atoms. The molecule has 2 N–H and O–H groups in total. The van der Waals surface area contributed by atoms with Crippen molar-refractivity contribution in [1.29, 1.82) is 0 Å². The first-order chi connectivity index (χ1) is 6.56. The molecule has 0 radical (unpaired) electrons. The summed E-state index contributed by atoms with van der Waals surface area (Å²) in [4.78, 5) is 32.4. The molecule has 0 aliphatic rings. The lowest BCUT2D eigenvalue weighted by atomic mass is 10.3. The molecular weight excluding hydrogens is 184 g/mol. The molecule has 0 bridgehead atoms. The lowest BCUT2D eigenvalue weighted by molar-refractivity contribution is -0.126. The number of carbonyl (C=O) groups excluding carboxylic acids is 3. The highest BCUT2D eigenvalue weighted by Crippen LogP contribution is 1.84. The van der Waals surface area contributed by atoms with Crippen LogP contribution < -0.4 is 10.6 Å². The Hall–Kier alpha value is -1.39. The maximum atomic E-state index is 11.0. The Kier molecular flexibility index (Phi) is 6.36. The van der Waals surface area contributed by atoms with Crippen molar-refractivity contribution >= 4 is 17.7 Å². The fourth-order valence-corrected chi connectivity index (χ4v) is 0.820. The third-order valence-electron chi connectivity index (χ3n) is 1.48. The smallest absolute Gasteiger partial charge is 0.321 e. The van der Waals surface area contributed by atoms with E-state index in [0.717, 1.165) is 12.8 Å². The second kappa shape index (κ2) is 7.06. The van der Waals surface area contributed by atoms with Crippen LogP contribution in [0.3, 0.4) is 0 Å². The van der Waals surface area contributed by atoms with Crippen molar-refractivity contribution in [2.75, 3.05) is 6.54 Å². The average Bonchev–Trinajstić information content (AvgIpc) is 2.02. The quantitative estimate of drug-likeness (QED) is 0.504. The molecule has 80 valence electrons. The van der Waals surface area contributed by atoms with E-state index in [1.807, 2.05) is 6.92 Å². The number of hydrogen-bond acceptors (Lipinski definition) is 3. The predicted molar refractivity (Wildman–Crippen MR) is 51.7 cm³/mol. The summed E-state index contributed by atoms with van der Waals surface area (Å²) in [6, 6.07) is -0.537. The fourth-order valence-electron chi connectivity index (χ4n) is 0.820. The summed E-state index contributed by atoms with van der Waals surface area (Å²) in [7, 11) is 0. The first kappa shape index (κ1) is 12.6. The molecule has 0 aromatic heterocycles. The van der Waals surface area contributed by atoms with Crippen LogP contribution in [0.25, 0.3) is 0 Å². The standard InChI is InChI=1S/C9H16N2O3/c1-3-4-5-10-9(14)11-8(13)6-7(2)12/h3-6H2,1-2H3,(H2,10,11,13,14). The maximum Gasteiger partial charge on any atom is 0.321 e. The Labute approximate surface area is 83.2 Å². The van der Waals surface area contributed by atoms with Crippen LogP contribution in [0.4, 0.5) is 4.79 Å². The van der Waals surface area contributed by atoms with Crippen LogP contribution in [0, 0.1) is 0 Å². The lowest BCUT2D eigenvalue weighted by Gasteiger charge is -2.04. The predicted octanol–water partition coefficient (Wildman–Crippen LogP) is 0.591. The van der Waals surface area contributed by atoms with Gasteiger partial charge in [-0.15, -0.1) is 0 Å². The van der Waals surface area contributed by atoms with Gasteiger partial charge in [0.25, 0.3) is 0 Å². The summed E-state index contributed by atoms with van der Waals surface area (Å²) in [5.41, 5.74) is 0. The molecule has 0 aromatic carbocycles. The number of carbonyl (C=O) groups is 3. The van der Waals surface area contributed by atoms with Crippen LogP contribution in [0.15, 0.2) is 0 Å². The zero-order valence-electron chi connectivity index (χ0n) is 8.55. The summed E-state index contributed by atoms with van der Waals surface area (Å²) < 4.78 is 0. The van der Waals surface area contributed by atoms with E-state index in [1.165, 1.54) is 6.92 Å². The van der Waals surface area contributed by atoms with E-state index < -0.39 is 11.9 Å². The number of Topliss-reactive ketones (excluding diaryl/α,β-unsaturated/α-hetero) is 1. The van der Waals surface area contributed by atoms with Gasteiger partial charge in [0.15, 0.2) is 0 Å². The van der Waals surface area contributed by atoms with Gasteiger partial charge >= 0.3 is 6.03 Å². The first-order valence-corrected chi connectivity index (χ1v) is 4.63. The van der Waals surface area contributed by atoms with Crippen LogP contribution in [0.5, 0.6) is 0 Å². The molecule has 0 unspecified atom stereocenters. The minimum absolute atomic E-state index is 0.249. The number of amides is 3. The van der Waals surface area contributed by atoms with Gasteiger partial charge in [-0.1, -0.05) is 13.3 Å². The molecule has 0 rings (SSSR count). The Morgan fingerprint density at radius 3 is 2.36 bits per heavy atom. The topological polar surface area (TPSA) is 75.3 Å². The monoisotopic (exact) mass is 200 g/mol. The summed E-state index contributed by atoms with van der Waals surface area (Å²) >= 11 is 0. The Bertz CT molecular complexity index is 226. The van der Waals surface area contributed by atoms with E-state index in [2.05, 4.69) is 10.6 Å². The minimum Gasteiger partial charge on any atom is -0.338 e. The van der Waals surface area contributed by atoms with E-state index in [9.17, 15) is 14.4 Å². The van der Waals surface area contributed by atoms with Crippen molar-refractivity contribution < 1.29 is 14.4 Å². The number of imide groups is 1. The van der Waals surface area contributed by atoms with Gasteiger partial charge in [0, 0.05) is 6.54 Å². The summed E-state index contributed by atoms with van der Waals surface area (Å²) in [5, 5.41) is 4.57. The van der Waals surface area contributed by atoms with Gasteiger partial charge in [-0.2, -0.15) is 0 Å². The van der Waals surface area contributed by atoms with Crippen molar-refractivity contribution in [3.63, 3.8) is 0 Å². The van der Waals surface area contributed by atoms with Gasteiger partial charge in [-0.3, -0.25) is 14.9 Å². The van der Waals surface area contributed by atoms with Gasteiger partial charge in [-0.05, 0) is 13.3 Å². The Balaban J connectivity index is 3.61. The summed E-state index contributed by atoms with van der Waals surface area (Å²) in [5.74, 6) is -0.824. The van der Waals surface area contributed by atoms with Crippen molar-refractivity contribution in [2.24, 2.45) is 0 Å². The fraction of sp³-hybridized carbons (Fsp3) is 0.667. The molecule has 5 heteroatoms. The molecule has 0 atom stereocenters. The van der Waals surface area contributed by atoms with Crippen LogP contribution in [-0.4, -0.2) is 24.3 Å². The van der Waals surface area contributed by atoms with E-state index in [-0.39, 0.29) is 12.2 Å².